The maximum Gasteiger partial charge on any atom is 0.122 e. The Morgan fingerprint density at radius 1 is 1.78 bits per heavy atom. The third-order valence-electron chi connectivity index (χ3n) is 1.11. The van der Waals surface area contributed by atoms with E-state index < -0.39 is 0 Å². The second kappa shape index (κ2) is 4.11. The van der Waals surface area contributed by atoms with E-state index in [0.29, 0.717) is 6.42 Å². The van der Waals surface area contributed by atoms with Crippen molar-refractivity contribution in [3.05, 3.63) is 6.42 Å². The number of hydrogen-bond donors (Lipinski definition) is 0. The van der Waals surface area contributed by atoms with Crippen LogP contribution in [-0.2, 0) is 4.79 Å². The maximum absolute atomic E-state index is 9.93. The highest BCUT2D eigenvalue weighted by molar-refractivity contribution is 5.51. The highest BCUT2D eigenvalue weighted by Gasteiger charge is 2.04. The number of carbonyl (C=O) groups is 1. The molecule has 0 spiro atoms. The molecule has 1 atom stereocenters. The lowest BCUT2D eigenvalue weighted by Crippen LogP contribution is -2.26. The Kier molecular flexibility index (Phi) is 3.74. The van der Waals surface area contributed by atoms with Gasteiger partial charge in [0.05, 0.1) is 6.04 Å². The van der Waals surface area contributed by atoms with Gasteiger partial charge in [-0.1, -0.05) is 5.92 Å². The molecular weight excluding hydrogens is 114 g/mol. The van der Waals surface area contributed by atoms with E-state index in [2.05, 4.69) is 5.92 Å². The van der Waals surface area contributed by atoms with Crippen LogP contribution in [-0.4, -0.2) is 31.3 Å². The molecule has 1 radical (unpaired) electrons. The number of carbonyl (C=O) groups excluding carboxylic acids is 1. The molecule has 0 aliphatic carbocycles. The highest BCUT2D eigenvalue weighted by atomic mass is 16.1. The molecule has 0 bridgehead atoms. The van der Waals surface area contributed by atoms with Gasteiger partial charge < -0.3 is 4.79 Å². The molecule has 0 aliphatic heterocycles. The Bertz CT molecular complexity index is 123. The smallest absolute Gasteiger partial charge is 0.122 e. The van der Waals surface area contributed by atoms with Gasteiger partial charge in [0.25, 0.3) is 0 Å². The molecule has 49 valence electrons. The quantitative estimate of drug-likeness (QED) is 0.392. The van der Waals surface area contributed by atoms with Crippen molar-refractivity contribution in [2.75, 3.05) is 14.1 Å². The van der Waals surface area contributed by atoms with Gasteiger partial charge in [0.2, 0.25) is 0 Å². The van der Waals surface area contributed by atoms with Crippen LogP contribution in [0, 0.1) is 12.3 Å². The second-order valence-electron chi connectivity index (χ2n) is 2.03. The molecule has 0 rings (SSSR count). The van der Waals surface area contributed by atoms with Crippen LogP contribution in [0.15, 0.2) is 0 Å². The van der Waals surface area contributed by atoms with Crippen LogP contribution in [0.4, 0.5) is 0 Å². The third-order valence-corrected chi connectivity index (χ3v) is 1.11. The Morgan fingerprint density at radius 2 is 2.33 bits per heavy atom. The van der Waals surface area contributed by atoms with E-state index in [-0.39, 0.29) is 6.04 Å². The summed E-state index contributed by atoms with van der Waals surface area (Å²) in [6, 6.07) is -0.150. The molecule has 2 heteroatoms. The molecule has 0 heterocycles. The van der Waals surface area contributed by atoms with Crippen LogP contribution in [0.25, 0.3) is 0 Å². The molecule has 0 saturated heterocycles. The number of nitrogens with zero attached hydrogens (tertiary/aromatic N) is 1. The van der Waals surface area contributed by atoms with Crippen molar-refractivity contribution in [2.24, 2.45) is 0 Å². The average Bonchev–Trinajstić information content (AvgIpc) is 1.82. The zero-order valence-electron chi connectivity index (χ0n) is 5.72. The fourth-order valence-corrected chi connectivity index (χ4v) is 0.490. The molecule has 0 saturated carbocycles. The average molecular weight is 124 g/mol. The summed E-state index contributed by atoms with van der Waals surface area (Å²) in [5.74, 6) is 2.25. The minimum absolute atomic E-state index is 0.150. The van der Waals surface area contributed by atoms with Crippen molar-refractivity contribution >= 4 is 6.29 Å². The summed E-state index contributed by atoms with van der Waals surface area (Å²) in [4.78, 5) is 11.7. The molecule has 0 aromatic heterocycles. The number of hydrogen-bond acceptors (Lipinski definition) is 2. The van der Waals surface area contributed by atoms with Gasteiger partial charge in [0.15, 0.2) is 0 Å². The van der Waals surface area contributed by atoms with E-state index in [0.717, 1.165) is 6.29 Å². The second-order valence-corrected chi connectivity index (χ2v) is 2.03. The minimum Gasteiger partial charge on any atom is -0.303 e. The van der Waals surface area contributed by atoms with Gasteiger partial charge in [0.1, 0.15) is 6.29 Å². The lowest BCUT2D eigenvalue weighted by Gasteiger charge is -2.14. The summed E-state index contributed by atoms with van der Waals surface area (Å²) in [5.41, 5.74) is 0. The van der Waals surface area contributed by atoms with Gasteiger partial charge in [-0.25, -0.2) is 0 Å². The predicted octanol–water partition coefficient (Wildman–Crippen LogP) is 0.0954. The maximum atomic E-state index is 9.93. The van der Waals surface area contributed by atoms with Crippen molar-refractivity contribution in [2.45, 2.75) is 12.5 Å². The first-order valence-corrected chi connectivity index (χ1v) is 2.74. The van der Waals surface area contributed by atoms with Crippen molar-refractivity contribution < 1.29 is 4.79 Å². The lowest BCUT2D eigenvalue weighted by atomic mass is 10.2. The van der Waals surface area contributed by atoms with Crippen molar-refractivity contribution in [3.63, 3.8) is 0 Å². The number of rotatable bonds is 3. The molecule has 9 heavy (non-hydrogen) atoms. The Labute approximate surface area is 55.8 Å². The SMILES string of the molecule is [C]#CC(CC=O)N(C)C. The largest absolute Gasteiger partial charge is 0.303 e. The first-order chi connectivity index (χ1) is 4.22. The molecular formula is C7H10NO. The summed E-state index contributed by atoms with van der Waals surface area (Å²) in [5, 5.41) is 0. The van der Waals surface area contributed by atoms with E-state index in [1.54, 1.807) is 4.90 Å². The van der Waals surface area contributed by atoms with E-state index in [1.165, 1.54) is 0 Å². The fraction of sp³-hybridized carbons (Fsp3) is 0.571. The highest BCUT2D eigenvalue weighted by Crippen LogP contribution is 1.93. The zero-order chi connectivity index (χ0) is 7.28. The van der Waals surface area contributed by atoms with Crippen LogP contribution in [0.1, 0.15) is 6.42 Å². The van der Waals surface area contributed by atoms with Crippen molar-refractivity contribution in [1.29, 1.82) is 0 Å². The Morgan fingerprint density at radius 3 is 2.44 bits per heavy atom. The number of aldehydes is 1. The molecule has 0 N–H and O–H groups in total. The Hall–Kier alpha value is -0.810. The first kappa shape index (κ1) is 8.19. The lowest BCUT2D eigenvalue weighted by molar-refractivity contribution is -0.108. The van der Waals surface area contributed by atoms with Gasteiger partial charge in [-0.05, 0) is 20.5 Å². The van der Waals surface area contributed by atoms with Gasteiger partial charge in [0, 0.05) is 6.42 Å². The van der Waals surface area contributed by atoms with Crippen LogP contribution < -0.4 is 0 Å². The summed E-state index contributed by atoms with van der Waals surface area (Å²) in [6.07, 6.45) is 7.90. The summed E-state index contributed by atoms with van der Waals surface area (Å²) < 4.78 is 0. The molecule has 0 aliphatic rings. The van der Waals surface area contributed by atoms with Crippen LogP contribution in [0.2, 0.25) is 0 Å². The van der Waals surface area contributed by atoms with Crippen molar-refractivity contribution in [1.82, 2.24) is 4.90 Å². The summed E-state index contributed by atoms with van der Waals surface area (Å²) >= 11 is 0. The summed E-state index contributed by atoms with van der Waals surface area (Å²) in [6.45, 7) is 0. The van der Waals surface area contributed by atoms with Crippen molar-refractivity contribution in [3.8, 4) is 5.92 Å². The zero-order valence-corrected chi connectivity index (χ0v) is 5.72. The van der Waals surface area contributed by atoms with E-state index >= 15 is 0 Å². The molecule has 0 fully saturated rings. The molecule has 0 aromatic carbocycles. The van der Waals surface area contributed by atoms with Crippen LogP contribution in [0.5, 0.6) is 0 Å². The first-order valence-electron chi connectivity index (χ1n) is 2.74. The van der Waals surface area contributed by atoms with Gasteiger partial charge in [-0.3, -0.25) is 4.90 Å². The normalized spacial score (nSPS) is 12.7. The van der Waals surface area contributed by atoms with E-state index in [4.69, 9.17) is 6.42 Å². The predicted molar refractivity (Wildman–Crippen MR) is 35.3 cm³/mol. The monoisotopic (exact) mass is 124 g/mol. The van der Waals surface area contributed by atoms with E-state index in [9.17, 15) is 4.79 Å². The van der Waals surface area contributed by atoms with Gasteiger partial charge in [-0.15, -0.1) is 0 Å². The Balaban J connectivity index is 3.71. The molecule has 0 amide bonds. The topological polar surface area (TPSA) is 20.3 Å². The fourth-order valence-electron chi connectivity index (χ4n) is 0.490. The van der Waals surface area contributed by atoms with Crippen LogP contribution in [0.3, 0.4) is 0 Å². The molecule has 0 aromatic rings. The minimum atomic E-state index is -0.150. The van der Waals surface area contributed by atoms with Gasteiger partial charge in [-0.2, -0.15) is 0 Å². The van der Waals surface area contributed by atoms with E-state index in [1.807, 2.05) is 14.1 Å². The van der Waals surface area contributed by atoms with Crippen LogP contribution >= 0.6 is 0 Å². The third kappa shape index (κ3) is 2.89. The van der Waals surface area contributed by atoms with Gasteiger partial charge >= 0.3 is 0 Å². The molecule has 1 unspecified atom stereocenters. The molecule has 2 nitrogen and oxygen atoms in total. The summed E-state index contributed by atoms with van der Waals surface area (Å²) in [7, 11) is 3.63. The standard InChI is InChI=1S/C7H10NO/c1-4-7(5-6-9)8(2)3/h6-7H,5H2,2-3H3.